The predicted octanol–water partition coefficient (Wildman–Crippen LogP) is 0.618. The highest BCUT2D eigenvalue weighted by molar-refractivity contribution is 7.88. The maximum absolute atomic E-state index is 11.9. The minimum atomic E-state index is -3.43. The summed E-state index contributed by atoms with van der Waals surface area (Å²) in [6, 6.07) is 6.65. The zero-order chi connectivity index (χ0) is 15.3. The molecule has 0 aliphatic carbocycles. The molecule has 6 nitrogen and oxygen atoms in total. The maximum Gasteiger partial charge on any atom is 0.248 e. The second-order valence-corrected chi connectivity index (χ2v) is 6.96. The number of sulfonamides is 1. The number of hydrogen-bond donors (Lipinski definition) is 1. The molecule has 0 saturated carbocycles. The SMILES string of the molecule is O=C1COCCN1CCNS(=O)(=O)Cc1ccc(Cl)cc1. The molecule has 1 aliphatic heterocycles. The number of carbonyl (C=O) groups is 1. The summed E-state index contributed by atoms with van der Waals surface area (Å²) >= 11 is 5.75. The lowest BCUT2D eigenvalue weighted by atomic mass is 10.2. The third-order valence-electron chi connectivity index (χ3n) is 3.06. The van der Waals surface area contributed by atoms with Crippen molar-refractivity contribution in [3.8, 4) is 0 Å². The molecule has 0 aromatic heterocycles. The molecular weight excluding hydrogens is 316 g/mol. The van der Waals surface area contributed by atoms with Crippen LogP contribution in [0.3, 0.4) is 0 Å². The summed E-state index contributed by atoms with van der Waals surface area (Å²) in [5.74, 6) is -0.223. The van der Waals surface area contributed by atoms with Crippen molar-refractivity contribution in [3.05, 3.63) is 34.9 Å². The molecule has 21 heavy (non-hydrogen) atoms. The van der Waals surface area contributed by atoms with Gasteiger partial charge in [-0.25, -0.2) is 13.1 Å². The number of nitrogens with one attached hydrogen (secondary N) is 1. The van der Waals surface area contributed by atoms with Gasteiger partial charge < -0.3 is 9.64 Å². The number of halogens is 1. The lowest BCUT2D eigenvalue weighted by Gasteiger charge is -2.26. The first-order valence-corrected chi connectivity index (χ1v) is 8.56. The monoisotopic (exact) mass is 332 g/mol. The second kappa shape index (κ2) is 7.22. The predicted molar refractivity (Wildman–Crippen MR) is 79.5 cm³/mol. The largest absolute Gasteiger partial charge is 0.370 e. The summed E-state index contributed by atoms with van der Waals surface area (Å²) in [7, 11) is -3.43. The first-order chi connectivity index (χ1) is 9.96. The van der Waals surface area contributed by atoms with Gasteiger partial charge in [0, 0.05) is 24.7 Å². The van der Waals surface area contributed by atoms with Gasteiger partial charge in [-0.3, -0.25) is 4.79 Å². The van der Waals surface area contributed by atoms with Crippen LogP contribution in [0.5, 0.6) is 0 Å². The topological polar surface area (TPSA) is 75.7 Å². The molecule has 1 saturated heterocycles. The summed E-state index contributed by atoms with van der Waals surface area (Å²) in [5.41, 5.74) is 0.661. The Morgan fingerprint density at radius 1 is 1.29 bits per heavy atom. The minimum absolute atomic E-state index is 0.0670. The highest BCUT2D eigenvalue weighted by Crippen LogP contribution is 2.11. The highest BCUT2D eigenvalue weighted by atomic mass is 35.5. The van der Waals surface area contributed by atoms with E-state index in [0.29, 0.717) is 30.3 Å². The van der Waals surface area contributed by atoms with Crippen molar-refractivity contribution in [1.82, 2.24) is 9.62 Å². The zero-order valence-electron chi connectivity index (χ0n) is 11.4. The molecule has 1 amide bonds. The van der Waals surface area contributed by atoms with Crippen molar-refractivity contribution in [2.75, 3.05) is 32.8 Å². The van der Waals surface area contributed by atoms with E-state index in [0.717, 1.165) is 0 Å². The van der Waals surface area contributed by atoms with Crippen LogP contribution in [0.25, 0.3) is 0 Å². The number of benzene rings is 1. The molecule has 1 heterocycles. The molecule has 1 N–H and O–H groups in total. The number of carbonyl (C=O) groups excluding carboxylic acids is 1. The molecule has 0 radical (unpaired) electrons. The third-order valence-corrected chi connectivity index (χ3v) is 4.67. The first-order valence-electron chi connectivity index (χ1n) is 6.53. The van der Waals surface area contributed by atoms with Gasteiger partial charge in [-0.2, -0.15) is 0 Å². The van der Waals surface area contributed by atoms with Crippen molar-refractivity contribution in [2.45, 2.75) is 5.75 Å². The number of rotatable bonds is 6. The van der Waals surface area contributed by atoms with Gasteiger partial charge >= 0.3 is 0 Å². The number of amides is 1. The van der Waals surface area contributed by atoms with Crippen LogP contribution in [-0.2, 0) is 25.3 Å². The van der Waals surface area contributed by atoms with Gasteiger partial charge in [0.2, 0.25) is 15.9 Å². The van der Waals surface area contributed by atoms with Crippen molar-refractivity contribution < 1.29 is 17.9 Å². The van der Waals surface area contributed by atoms with E-state index < -0.39 is 10.0 Å². The van der Waals surface area contributed by atoms with Crippen LogP contribution in [0.1, 0.15) is 5.56 Å². The summed E-state index contributed by atoms with van der Waals surface area (Å²) < 4.78 is 31.4. The van der Waals surface area contributed by atoms with E-state index in [1.165, 1.54) is 0 Å². The molecule has 1 fully saturated rings. The average Bonchev–Trinajstić information content (AvgIpc) is 2.43. The van der Waals surface area contributed by atoms with Gasteiger partial charge in [-0.1, -0.05) is 23.7 Å². The standard InChI is InChI=1S/C13H17ClN2O4S/c14-12-3-1-11(2-4-12)10-21(18,19)15-5-6-16-7-8-20-9-13(16)17/h1-4,15H,5-10H2. The Morgan fingerprint density at radius 2 is 2.00 bits per heavy atom. The van der Waals surface area contributed by atoms with Crippen molar-refractivity contribution in [3.63, 3.8) is 0 Å². The van der Waals surface area contributed by atoms with Gasteiger partial charge in [0.05, 0.1) is 12.4 Å². The smallest absolute Gasteiger partial charge is 0.248 e. The van der Waals surface area contributed by atoms with E-state index in [1.54, 1.807) is 29.2 Å². The van der Waals surface area contributed by atoms with Crippen LogP contribution in [-0.4, -0.2) is 52.1 Å². The Bertz CT molecular complexity index is 589. The summed E-state index contributed by atoms with van der Waals surface area (Å²) in [6.45, 7) is 1.60. The van der Waals surface area contributed by atoms with Gasteiger partial charge in [0.1, 0.15) is 6.61 Å². The molecule has 0 bridgehead atoms. The van der Waals surface area contributed by atoms with Crippen LogP contribution in [0.4, 0.5) is 0 Å². The summed E-state index contributed by atoms with van der Waals surface area (Å²) in [6.07, 6.45) is 0. The zero-order valence-corrected chi connectivity index (χ0v) is 13.0. The van der Waals surface area contributed by atoms with Crippen molar-refractivity contribution in [1.29, 1.82) is 0 Å². The quantitative estimate of drug-likeness (QED) is 0.828. The molecule has 0 atom stereocenters. The lowest BCUT2D eigenvalue weighted by molar-refractivity contribution is -0.142. The van der Waals surface area contributed by atoms with Gasteiger partial charge in [0.25, 0.3) is 0 Å². The van der Waals surface area contributed by atoms with Crippen LogP contribution in [0.2, 0.25) is 5.02 Å². The summed E-state index contributed by atoms with van der Waals surface area (Å²) in [5, 5.41) is 0.565. The fraction of sp³-hybridized carbons (Fsp3) is 0.462. The maximum atomic E-state index is 11.9. The average molecular weight is 333 g/mol. The van der Waals surface area contributed by atoms with Gasteiger partial charge in [-0.05, 0) is 17.7 Å². The van der Waals surface area contributed by atoms with E-state index in [9.17, 15) is 13.2 Å². The lowest BCUT2D eigenvalue weighted by Crippen LogP contribution is -2.45. The van der Waals surface area contributed by atoms with Crippen molar-refractivity contribution in [2.24, 2.45) is 0 Å². The highest BCUT2D eigenvalue weighted by Gasteiger charge is 2.19. The normalized spacial score (nSPS) is 16.2. The van der Waals surface area contributed by atoms with E-state index in [1.807, 2.05) is 0 Å². The number of morpholine rings is 1. The third kappa shape index (κ3) is 5.28. The van der Waals surface area contributed by atoms with E-state index in [4.69, 9.17) is 16.3 Å². The van der Waals surface area contributed by atoms with E-state index in [2.05, 4.69) is 4.72 Å². The minimum Gasteiger partial charge on any atom is -0.370 e. The molecule has 1 aliphatic rings. The fourth-order valence-electron chi connectivity index (χ4n) is 1.97. The fourth-order valence-corrected chi connectivity index (χ4v) is 3.24. The Labute approximate surface area is 129 Å². The first kappa shape index (κ1) is 16.2. The molecule has 8 heteroatoms. The number of hydrogen-bond acceptors (Lipinski definition) is 4. The Morgan fingerprint density at radius 3 is 2.67 bits per heavy atom. The molecular formula is C13H17ClN2O4S. The Balaban J connectivity index is 1.81. The van der Waals surface area contributed by atoms with Crippen LogP contribution < -0.4 is 4.72 Å². The molecule has 1 aromatic rings. The molecule has 116 valence electrons. The van der Waals surface area contributed by atoms with E-state index in [-0.39, 0.29) is 24.8 Å². The Kier molecular flexibility index (Phi) is 5.58. The Hall–Kier alpha value is -1.15. The van der Waals surface area contributed by atoms with Crippen LogP contribution >= 0.6 is 11.6 Å². The molecule has 0 unspecified atom stereocenters. The molecule has 1 aromatic carbocycles. The molecule has 0 spiro atoms. The molecule has 2 rings (SSSR count). The van der Waals surface area contributed by atoms with Crippen LogP contribution in [0, 0.1) is 0 Å². The number of ether oxygens (including phenoxy) is 1. The van der Waals surface area contributed by atoms with Gasteiger partial charge in [0.15, 0.2) is 0 Å². The summed E-state index contributed by atoms with van der Waals surface area (Å²) in [4.78, 5) is 13.1. The number of nitrogens with zero attached hydrogens (tertiary/aromatic N) is 1. The van der Waals surface area contributed by atoms with Crippen LogP contribution in [0.15, 0.2) is 24.3 Å². The second-order valence-electron chi connectivity index (χ2n) is 4.71. The van der Waals surface area contributed by atoms with Gasteiger partial charge in [-0.15, -0.1) is 0 Å². The van der Waals surface area contributed by atoms with E-state index >= 15 is 0 Å². The van der Waals surface area contributed by atoms with Crippen molar-refractivity contribution >= 4 is 27.5 Å².